The monoisotopic (exact) mass is 395 g/mol. The van der Waals surface area contributed by atoms with Crippen molar-refractivity contribution in [1.29, 1.82) is 5.26 Å². The van der Waals surface area contributed by atoms with E-state index in [9.17, 15) is 23.6 Å². The van der Waals surface area contributed by atoms with Gasteiger partial charge < -0.3 is 9.80 Å². The Hall–Kier alpha value is -3.53. The second-order valence-electron chi connectivity index (χ2n) is 7.14. The predicted octanol–water partition coefficient (Wildman–Crippen LogP) is 3.11. The maximum atomic E-state index is 14.2. The van der Waals surface area contributed by atoms with Gasteiger partial charge in [0.2, 0.25) is 0 Å². The van der Waals surface area contributed by atoms with E-state index in [0.29, 0.717) is 11.1 Å². The third kappa shape index (κ3) is 3.49. The number of nitriles is 1. The van der Waals surface area contributed by atoms with Crippen LogP contribution >= 0.6 is 0 Å². The van der Waals surface area contributed by atoms with E-state index in [4.69, 9.17) is 0 Å². The average Bonchev–Trinajstić information content (AvgIpc) is 2.71. The molecular weight excluding hydrogens is 376 g/mol. The third-order valence-electron chi connectivity index (χ3n) is 5.31. The highest BCUT2D eigenvalue weighted by molar-refractivity contribution is 6.08. The van der Waals surface area contributed by atoms with Crippen LogP contribution in [0.1, 0.15) is 23.6 Å². The van der Waals surface area contributed by atoms with Crippen LogP contribution in [0.4, 0.5) is 8.78 Å². The smallest absolute Gasteiger partial charge is 0.271 e. The Labute approximate surface area is 167 Å². The van der Waals surface area contributed by atoms with Gasteiger partial charge in [-0.15, -0.1) is 0 Å². The molecule has 29 heavy (non-hydrogen) atoms. The van der Waals surface area contributed by atoms with E-state index in [1.54, 1.807) is 24.3 Å². The Morgan fingerprint density at radius 1 is 1.14 bits per heavy atom. The lowest BCUT2D eigenvalue weighted by Gasteiger charge is -2.45. The number of carbonyl (C=O) groups is 2. The zero-order valence-corrected chi connectivity index (χ0v) is 16.2. The summed E-state index contributed by atoms with van der Waals surface area (Å²) in [7, 11) is 2.91. The number of piperazine rings is 1. The highest BCUT2D eigenvalue weighted by Crippen LogP contribution is 2.32. The first-order valence-corrected chi connectivity index (χ1v) is 8.90. The van der Waals surface area contributed by atoms with Gasteiger partial charge >= 0.3 is 0 Å². The number of halogens is 2. The number of hydrogen-bond acceptors (Lipinski definition) is 3. The first-order valence-electron chi connectivity index (χ1n) is 8.90. The van der Waals surface area contributed by atoms with Gasteiger partial charge in [-0.3, -0.25) is 9.59 Å². The molecule has 1 fully saturated rings. The summed E-state index contributed by atoms with van der Waals surface area (Å²) >= 11 is 0. The Balaban J connectivity index is 2.02. The highest BCUT2D eigenvalue weighted by Gasteiger charge is 2.49. The Morgan fingerprint density at radius 2 is 1.83 bits per heavy atom. The van der Waals surface area contributed by atoms with E-state index in [1.165, 1.54) is 36.9 Å². The molecule has 5 nitrogen and oxygen atoms in total. The molecule has 1 saturated heterocycles. The van der Waals surface area contributed by atoms with Crippen LogP contribution in [-0.4, -0.2) is 41.2 Å². The van der Waals surface area contributed by atoms with Gasteiger partial charge in [-0.25, -0.2) is 8.78 Å². The normalized spacial score (nSPS) is 20.9. The molecule has 0 aliphatic carbocycles. The second-order valence-corrected chi connectivity index (χ2v) is 7.14. The van der Waals surface area contributed by atoms with Crippen LogP contribution < -0.4 is 0 Å². The molecule has 1 heterocycles. The summed E-state index contributed by atoms with van der Waals surface area (Å²) in [6.45, 7) is 1.52. The van der Waals surface area contributed by atoms with Gasteiger partial charge in [-0.05, 0) is 48.4 Å². The van der Waals surface area contributed by atoms with Crippen molar-refractivity contribution >= 4 is 17.9 Å². The zero-order valence-electron chi connectivity index (χ0n) is 16.2. The van der Waals surface area contributed by atoms with Gasteiger partial charge in [0.05, 0.1) is 11.6 Å². The van der Waals surface area contributed by atoms with Crippen LogP contribution in [0.3, 0.4) is 0 Å². The van der Waals surface area contributed by atoms with E-state index < -0.39 is 29.0 Å². The Morgan fingerprint density at radius 3 is 2.52 bits per heavy atom. The summed E-state index contributed by atoms with van der Waals surface area (Å²) in [6, 6.07) is 11.8. The SMILES string of the molecule is CN1C(=O)C(C)(Cc2cc(F)ccc2F)N(C)C(=O)C1=Cc1ccccc1C#N. The van der Waals surface area contributed by atoms with Crippen molar-refractivity contribution in [3.8, 4) is 6.07 Å². The van der Waals surface area contributed by atoms with E-state index in [2.05, 4.69) is 0 Å². The Bertz CT molecular complexity index is 1070. The molecule has 1 aliphatic rings. The molecule has 1 aliphatic heterocycles. The fourth-order valence-corrected chi connectivity index (χ4v) is 3.43. The van der Waals surface area contributed by atoms with Crippen molar-refractivity contribution in [2.75, 3.05) is 14.1 Å². The zero-order chi connectivity index (χ0) is 21.3. The molecule has 0 saturated carbocycles. The van der Waals surface area contributed by atoms with E-state index in [-0.39, 0.29) is 17.7 Å². The topological polar surface area (TPSA) is 64.4 Å². The molecule has 1 unspecified atom stereocenters. The van der Waals surface area contributed by atoms with Crippen LogP contribution in [0.5, 0.6) is 0 Å². The number of amides is 2. The summed E-state index contributed by atoms with van der Waals surface area (Å²) in [5, 5.41) is 9.26. The van der Waals surface area contributed by atoms with Crippen LogP contribution in [0.2, 0.25) is 0 Å². The summed E-state index contributed by atoms with van der Waals surface area (Å²) in [4.78, 5) is 28.7. The molecule has 2 aromatic rings. The molecule has 148 valence electrons. The lowest BCUT2D eigenvalue weighted by molar-refractivity contribution is -0.155. The minimum Gasteiger partial charge on any atom is -0.326 e. The molecule has 0 aromatic heterocycles. The lowest BCUT2D eigenvalue weighted by atomic mass is 9.86. The van der Waals surface area contributed by atoms with Gasteiger partial charge in [0.15, 0.2) is 0 Å². The van der Waals surface area contributed by atoms with Crippen molar-refractivity contribution in [2.45, 2.75) is 18.9 Å². The molecule has 2 amide bonds. The largest absolute Gasteiger partial charge is 0.326 e. The minimum atomic E-state index is -1.40. The number of carbonyl (C=O) groups excluding carboxylic acids is 2. The second kappa shape index (κ2) is 7.47. The van der Waals surface area contributed by atoms with Crippen LogP contribution in [-0.2, 0) is 16.0 Å². The van der Waals surface area contributed by atoms with Gasteiger partial charge in [0.25, 0.3) is 11.8 Å². The van der Waals surface area contributed by atoms with Crippen molar-refractivity contribution in [3.63, 3.8) is 0 Å². The molecular formula is C22H19F2N3O2. The fraction of sp³-hybridized carbons (Fsp3) is 0.227. The van der Waals surface area contributed by atoms with Crippen molar-refractivity contribution < 1.29 is 18.4 Å². The molecule has 7 heteroatoms. The number of nitrogens with zero attached hydrogens (tertiary/aromatic N) is 3. The fourth-order valence-electron chi connectivity index (χ4n) is 3.43. The van der Waals surface area contributed by atoms with Crippen molar-refractivity contribution in [1.82, 2.24) is 9.80 Å². The maximum absolute atomic E-state index is 14.2. The molecule has 0 spiro atoms. The number of likely N-dealkylation sites (N-methyl/N-ethyl adjacent to an activating group) is 2. The van der Waals surface area contributed by atoms with Gasteiger partial charge in [-0.1, -0.05) is 18.2 Å². The molecule has 3 rings (SSSR count). The summed E-state index contributed by atoms with van der Waals surface area (Å²) < 4.78 is 27.7. The summed E-state index contributed by atoms with van der Waals surface area (Å²) in [6.07, 6.45) is 1.31. The number of hydrogen-bond donors (Lipinski definition) is 0. The highest BCUT2D eigenvalue weighted by atomic mass is 19.1. The van der Waals surface area contributed by atoms with Crippen LogP contribution in [0.25, 0.3) is 6.08 Å². The molecule has 0 bridgehead atoms. The first kappa shape index (κ1) is 20.2. The lowest BCUT2D eigenvalue weighted by Crippen LogP contribution is -2.64. The Kier molecular flexibility index (Phi) is 5.21. The van der Waals surface area contributed by atoms with Gasteiger partial charge in [0, 0.05) is 20.5 Å². The number of benzene rings is 2. The average molecular weight is 395 g/mol. The summed E-state index contributed by atoms with van der Waals surface area (Å²) in [5.74, 6) is -2.17. The van der Waals surface area contributed by atoms with Crippen LogP contribution in [0, 0.1) is 23.0 Å². The minimum absolute atomic E-state index is 0.0103. The standard InChI is InChI=1S/C22H19F2N3O2/c1-22(12-16-10-17(23)8-9-18(16)24)21(29)26(2)19(20(28)27(22)3)11-14-6-4-5-7-15(14)13-25/h4-11H,12H2,1-3H3. The summed E-state index contributed by atoms with van der Waals surface area (Å²) in [5.41, 5.74) is -0.418. The van der Waals surface area contributed by atoms with Crippen molar-refractivity contribution in [2.24, 2.45) is 0 Å². The quantitative estimate of drug-likeness (QED) is 0.750. The molecule has 0 radical (unpaired) electrons. The maximum Gasteiger partial charge on any atom is 0.271 e. The molecule has 0 N–H and O–H groups in total. The molecule has 1 atom stereocenters. The van der Waals surface area contributed by atoms with E-state index in [0.717, 1.165) is 18.2 Å². The first-order chi connectivity index (χ1) is 13.7. The van der Waals surface area contributed by atoms with E-state index >= 15 is 0 Å². The van der Waals surface area contributed by atoms with Crippen molar-refractivity contribution in [3.05, 3.63) is 76.5 Å². The third-order valence-corrected chi connectivity index (χ3v) is 5.31. The molecule has 2 aromatic carbocycles. The van der Waals surface area contributed by atoms with Gasteiger partial charge in [-0.2, -0.15) is 5.26 Å². The van der Waals surface area contributed by atoms with Crippen LogP contribution in [0.15, 0.2) is 48.2 Å². The van der Waals surface area contributed by atoms with E-state index in [1.807, 2.05) is 6.07 Å². The van der Waals surface area contributed by atoms with Gasteiger partial charge in [0.1, 0.15) is 22.9 Å². The number of rotatable bonds is 3. The predicted molar refractivity (Wildman–Crippen MR) is 103 cm³/mol.